The Hall–Kier alpha value is -2.46. The van der Waals surface area contributed by atoms with E-state index in [1.165, 1.54) is 23.5 Å². The predicted molar refractivity (Wildman–Crippen MR) is 98.8 cm³/mol. The Morgan fingerprint density at radius 2 is 1.84 bits per heavy atom. The molecular weight excluding hydrogens is 352 g/mol. The fraction of sp³-hybridized carbons (Fsp3) is 0.105. The van der Waals surface area contributed by atoms with Gasteiger partial charge in [-0.15, -0.1) is 11.3 Å². The zero-order valence-electron chi connectivity index (χ0n) is 13.5. The quantitative estimate of drug-likeness (QED) is 0.740. The average molecular weight is 368 g/mol. The predicted octanol–water partition coefficient (Wildman–Crippen LogP) is 4.00. The molecule has 3 aromatic rings. The molecule has 0 amide bonds. The Bertz CT molecular complexity index is 1000. The number of sulfonamides is 1. The molecule has 4 nitrogen and oxygen atoms in total. The van der Waals surface area contributed by atoms with Gasteiger partial charge in [0.25, 0.3) is 0 Å². The lowest BCUT2D eigenvalue weighted by Gasteiger charge is -2.18. The zero-order chi connectivity index (χ0) is 17.9. The van der Waals surface area contributed by atoms with Crippen LogP contribution in [0.3, 0.4) is 0 Å². The molecule has 2 aromatic carbocycles. The third kappa shape index (κ3) is 3.97. The number of rotatable bonds is 5. The molecule has 0 fully saturated rings. The van der Waals surface area contributed by atoms with Crippen LogP contribution in [0.25, 0.3) is 0 Å². The molecule has 0 aliphatic heterocycles. The van der Waals surface area contributed by atoms with Crippen molar-refractivity contribution in [1.29, 1.82) is 5.26 Å². The maximum Gasteiger partial charge on any atom is 0.241 e. The summed E-state index contributed by atoms with van der Waals surface area (Å²) in [7, 11) is -3.77. The van der Waals surface area contributed by atoms with E-state index in [4.69, 9.17) is 5.26 Å². The minimum atomic E-state index is -3.77. The summed E-state index contributed by atoms with van der Waals surface area (Å²) in [6, 6.07) is 19.1. The molecule has 1 N–H and O–H groups in total. The van der Waals surface area contributed by atoms with Crippen molar-refractivity contribution in [3.63, 3.8) is 0 Å². The summed E-state index contributed by atoms with van der Waals surface area (Å²) in [4.78, 5) is 0.990. The van der Waals surface area contributed by atoms with Crippen LogP contribution in [0.1, 0.15) is 27.6 Å². The molecule has 3 rings (SSSR count). The highest BCUT2D eigenvalue weighted by Gasteiger charge is 2.23. The number of hydrogen-bond donors (Lipinski definition) is 1. The van der Waals surface area contributed by atoms with Crippen LogP contribution in [0.4, 0.5) is 0 Å². The minimum absolute atomic E-state index is 0.0835. The van der Waals surface area contributed by atoms with Crippen molar-refractivity contribution in [3.05, 3.63) is 87.6 Å². The van der Waals surface area contributed by atoms with E-state index in [1.807, 2.05) is 54.8 Å². The van der Waals surface area contributed by atoms with Crippen LogP contribution < -0.4 is 4.72 Å². The van der Waals surface area contributed by atoms with Crippen molar-refractivity contribution < 1.29 is 8.42 Å². The summed E-state index contributed by atoms with van der Waals surface area (Å²) < 4.78 is 28.4. The van der Waals surface area contributed by atoms with E-state index >= 15 is 0 Å². The first-order valence-corrected chi connectivity index (χ1v) is 9.98. The van der Waals surface area contributed by atoms with Crippen molar-refractivity contribution in [2.45, 2.75) is 17.9 Å². The highest BCUT2D eigenvalue weighted by atomic mass is 32.2. The molecule has 1 heterocycles. The first kappa shape index (κ1) is 17.4. The molecule has 0 unspecified atom stereocenters. The number of thiophene rings is 1. The lowest BCUT2D eigenvalue weighted by atomic mass is 10.0. The molecule has 0 saturated heterocycles. The van der Waals surface area contributed by atoms with Gasteiger partial charge in [-0.1, -0.05) is 42.0 Å². The van der Waals surface area contributed by atoms with Crippen LogP contribution in [0, 0.1) is 18.3 Å². The van der Waals surface area contributed by atoms with E-state index in [1.54, 1.807) is 12.1 Å². The smallest absolute Gasteiger partial charge is 0.207 e. The topological polar surface area (TPSA) is 70.0 Å². The van der Waals surface area contributed by atoms with Gasteiger partial charge in [-0.05, 0) is 42.1 Å². The lowest BCUT2D eigenvalue weighted by Crippen LogP contribution is -2.29. The minimum Gasteiger partial charge on any atom is -0.207 e. The Labute approximate surface area is 151 Å². The number of nitrogens with one attached hydrogen (secondary N) is 1. The van der Waals surface area contributed by atoms with Crippen molar-refractivity contribution in [2.75, 3.05) is 0 Å². The molecular formula is C19H16N2O2S2. The summed E-state index contributed by atoms with van der Waals surface area (Å²) in [6.07, 6.45) is 0. The van der Waals surface area contributed by atoms with Crippen molar-refractivity contribution in [1.82, 2.24) is 4.72 Å². The van der Waals surface area contributed by atoms with Crippen LogP contribution in [0.2, 0.25) is 0 Å². The SMILES string of the molecule is Cc1ccc([C@@H](NS(=O)(=O)c2cccc(C#N)c2)c2cccs2)cc1. The molecule has 0 aliphatic carbocycles. The third-order valence-corrected chi connectivity index (χ3v) is 6.14. The van der Waals surface area contributed by atoms with E-state index in [2.05, 4.69) is 4.72 Å². The zero-order valence-corrected chi connectivity index (χ0v) is 15.1. The third-order valence-electron chi connectivity index (χ3n) is 3.78. The van der Waals surface area contributed by atoms with E-state index in [9.17, 15) is 8.42 Å². The summed E-state index contributed by atoms with van der Waals surface area (Å²) in [6.45, 7) is 1.99. The first-order valence-electron chi connectivity index (χ1n) is 7.62. The molecule has 0 saturated carbocycles. The van der Waals surface area contributed by atoms with Gasteiger partial charge in [0.15, 0.2) is 0 Å². The second-order valence-corrected chi connectivity index (χ2v) is 8.31. The van der Waals surface area contributed by atoms with E-state index in [0.29, 0.717) is 5.56 Å². The molecule has 0 radical (unpaired) electrons. The number of hydrogen-bond acceptors (Lipinski definition) is 4. The van der Waals surface area contributed by atoms with Gasteiger partial charge >= 0.3 is 0 Å². The molecule has 0 aliphatic rings. The van der Waals surface area contributed by atoms with Gasteiger partial charge < -0.3 is 0 Å². The molecule has 0 bridgehead atoms. The normalized spacial score (nSPS) is 12.5. The molecule has 1 aromatic heterocycles. The summed E-state index contributed by atoms with van der Waals surface area (Å²) in [5.74, 6) is 0. The number of nitriles is 1. The number of aryl methyl sites for hydroxylation is 1. The van der Waals surface area contributed by atoms with E-state index in [0.717, 1.165) is 16.0 Å². The van der Waals surface area contributed by atoms with Crippen LogP contribution >= 0.6 is 11.3 Å². The lowest BCUT2D eigenvalue weighted by molar-refractivity contribution is 0.573. The Balaban J connectivity index is 2.00. The maximum atomic E-state index is 12.8. The van der Waals surface area contributed by atoms with Crippen molar-refractivity contribution in [3.8, 4) is 6.07 Å². The fourth-order valence-corrected chi connectivity index (χ4v) is 4.59. The van der Waals surface area contributed by atoms with Crippen LogP contribution in [-0.2, 0) is 10.0 Å². The largest absolute Gasteiger partial charge is 0.241 e. The Morgan fingerprint density at radius 1 is 1.08 bits per heavy atom. The van der Waals surface area contributed by atoms with Gasteiger partial charge in [-0.3, -0.25) is 0 Å². The van der Waals surface area contributed by atoms with Gasteiger partial charge in [0, 0.05) is 4.88 Å². The van der Waals surface area contributed by atoms with E-state index in [-0.39, 0.29) is 4.90 Å². The summed E-state index contributed by atoms with van der Waals surface area (Å²) in [5.41, 5.74) is 2.29. The summed E-state index contributed by atoms with van der Waals surface area (Å²) >= 11 is 1.49. The van der Waals surface area contributed by atoms with Gasteiger partial charge in [0.2, 0.25) is 10.0 Å². The van der Waals surface area contributed by atoms with Crippen molar-refractivity contribution >= 4 is 21.4 Å². The second-order valence-electron chi connectivity index (χ2n) is 5.62. The standard InChI is InChI=1S/C19H16N2O2S2/c1-14-7-9-16(10-8-14)19(18-6-3-11-24-18)21-25(22,23)17-5-2-4-15(12-17)13-20/h2-12,19,21H,1H3/t19-/m1/s1. The van der Waals surface area contributed by atoms with Gasteiger partial charge in [0.1, 0.15) is 0 Å². The summed E-state index contributed by atoms with van der Waals surface area (Å²) in [5, 5.41) is 10.9. The monoisotopic (exact) mass is 368 g/mol. The molecule has 25 heavy (non-hydrogen) atoms. The number of nitrogens with zero attached hydrogens (tertiary/aromatic N) is 1. The van der Waals surface area contributed by atoms with Gasteiger partial charge in [-0.2, -0.15) is 9.98 Å². The maximum absolute atomic E-state index is 12.8. The van der Waals surface area contributed by atoms with Gasteiger partial charge in [-0.25, -0.2) is 8.42 Å². The highest BCUT2D eigenvalue weighted by molar-refractivity contribution is 7.89. The fourth-order valence-electron chi connectivity index (χ4n) is 2.46. The van der Waals surface area contributed by atoms with Crippen LogP contribution in [0.5, 0.6) is 0 Å². The first-order chi connectivity index (χ1) is 12.0. The van der Waals surface area contributed by atoms with Crippen LogP contribution in [-0.4, -0.2) is 8.42 Å². The Morgan fingerprint density at radius 3 is 2.48 bits per heavy atom. The van der Waals surface area contributed by atoms with E-state index < -0.39 is 16.1 Å². The average Bonchev–Trinajstić information content (AvgIpc) is 3.15. The molecule has 1 atom stereocenters. The number of benzene rings is 2. The molecule has 6 heteroatoms. The van der Waals surface area contributed by atoms with Crippen LogP contribution in [0.15, 0.2) is 70.9 Å². The second kappa shape index (κ2) is 7.19. The molecule has 126 valence electrons. The molecule has 0 spiro atoms. The highest BCUT2D eigenvalue weighted by Crippen LogP contribution is 2.28. The van der Waals surface area contributed by atoms with Crippen molar-refractivity contribution in [2.24, 2.45) is 0 Å². The Kier molecular flexibility index (Phi) is 5.00. The van der Waals surface area contributed by atoms with Gasteiger partial charge in [0.05, 0.1) is 22.6 Å².